The Morgan fingerprint density at radius 2 is 2.11 bits per heavy atom. The predicted molar refractivity (Wildman–Crippen MR) is 79.8 cm³/mol. The second-order valence-corrected chi connectivity index (χ2v) is 5.69. The quantitative estimate of drug-likeness (QED) is 0.882. The van der Waals surface area contributed by atoms with Crippen LogP contribution in [-0.4, -0.2) is 44.2 Å². The molecule has 1 atom stereocenters. The zero-order valence-corrected chi connectivity index (χ0v) is 12.4. The zero-order valence-electron chi connectivity index (χ0n) is 12.4. The monoisotopic (exact) mass is 262 g/mol. The summed E-state index contributed by atoms with van der Waals surface area (Å²) in [6, 6.07) is 8.26. The summed E-state index contributed by atoms with van der Waals surface area (Å²) in [4.78, 5) is 2.46. The number of rotatable bonds is 5. The summed E-state index contributed by atoms with van der Waals surface area (Å²) in [5.74, 6) is 1.01. The van der Waals surface area contributed by atoms with Crippen LogP contribution in [0.2, 0.25) is 0 Å². The molecule has 19 heavy (non-hydrogen) atoms. The lowest BCUT2D eigenvalue weighted by Crippen LogP contribution is -2.58. The van der Waals surface area contributed by atoms with Crippen molar-refractivity contribution in [2.75, 3.05) is 33.8 Å². The van der Waals surface area contributed by atoms with E-state index in [1.807, 2.05) is 13.1 Å². The molecular formula is C16H26N2O. The SMILES string of the molecule is CNCC1(COc2ccccc2C)CCCCN1C. The predicted octanol–water partition coefficient (Wildman–Crippen LogP) is 2.45. The van der Waals surface area contributed by atoms with Crippen LogP contribution in [0.15, 0.2) is 24.3 Å². The molecule has 1 aromatic rings. The van der Waals surface area contributed by atoms with Crippen LogP contribution in [0.1, 0.15) is 24.8 Å². The van der Waals surface area contributed by atoms with Crippen LogP contribution in [0.4, 0.5) is 0 Å². The molecule has 1 aliphatic rings. The summed E-state index contributed by atoms with van der Waals surface area (Å²) >= 11 is 0. The van der Waals surface area contributed by atoms with E-state index < -0.39 is 0 Å². The van der Waals surface area contributed by atoms with Gasteiger partial charge < -0.3 is 10.1 Å². The molecule has 0 aromatic heterocycles. The first-order chi connectivity index (χ1) is 9.18. The standard InChI is InChI=1S/C16H26N2O/c1-14-8-4-5-9-15(14)19-13-16(12-17-2)10-6-7-11-18(16)3/h4-5,8-9,17H,6-7,10-13H2,1-3H3. The molecule has 0 saturated carbocycles. The molecule has 0 radical (unpaired) electrons. The second kappa shape index (κ2) is 6.40. The van der Waals surface area contributed by atoms with Crippen LogP contribution < -0.4 is 10.1 Å². The molecule has 0 spiro atoms. The van der Waals surface area contributed by atoms with E-state index in [0.29, 0.717) is 0 Å². The number of nitrogens with zero attached hydrogens (tertiary/aromatic N) is 1. The number of hydrogen-bond acceptors (Lipinski definition) is 3. The van der Waals surface area contributed by atoms with Gasteiger partial charge in [-0.15, -0.1) is 0 Å². The molecule has 2 rings (SSSR count). The van der Waals surface area contributed by atoms with Gasteiger partial charge >= 0.3 is 0 Å². The molecule has 1 N–H and O–H groups in total. The maximum Gasteiger partial charge on any atom is 0.122 e. The summed E-state index contributed by atoms with van der Waals surface area (Å²) in [5.41, 5.74) is 1.34. The van der Waals surface area contributed by atoms with E-state index in [1.165, 1.54) is 31.4 Å². The lowest BCUT2D eigenvalue weighted by atomic mass is 9.87. The van der Waals surface area contributed by atoms with E-state index in [2.05, 4.69) is 42.4 Å². The second-order valence-electron chi connectivity index (χ2n) is 5.69. The Labute approximate surface area is 116 Å². The molecule has 3 heteroatoms. The number of likely N-dealkylation sites (N-methyl/N-ethyl adjacent to an activating group) is 2. The highest BCUT2D eigenvalue weighted by atomic mass is 16.5. The van der Waals surface area contributed by atoms with Gasteiger partial charge in [0, 0.05) is 6.54 Å². The van der Waals surface area contributed by atoms with Crippen LogP contribution in [0.25, 0.3) is 0 Å². The van der Waals surface area contributed by atoms with Crippen molar-refractivity contribution in [3.8, 4) is 5.75 Å². The Bertz CT molecular complexity index is 403. The minimum atomic E-state index is 0.134. The van der Waals surface area contributed by atoms with E-state index in [0.717, 1.165) is 18.9 Å². The number of para-hydroxylation sites is 1. The van der Waals surface area contributed by atoms with Crippen molar-refractivity contribution in [3.63, 3.8) is 0 Å². The Morgan fingerprint density at radius 3 is 2.79 bits per heavy atom. The molecule has 3 nitrogen and oxygen atoms in total. The highest BCUT2D eigenvalue weighted by Gasteiger charge is 2.37. The summed E-state index contributed by atoms with van der Waals surface area (Å²) in [5, 5.41) is 3.34. The molecule has 106 valence electrons. The summed E-state index contributed by atoms with van der Waals surface area (Å²) in [6.45, 7) is 5.01. The van der Waals surface area contributed by atoms with Crippen LogP contribution in [0.5, 0.6) is 5.75 Å². The zero-order chi connectivity index (χ0) is 13.7. The van der Waals surface area contributed by atoms with Gasteiger partial charge in [-0.2, -0.15) is 0 Å². The Balaban J connectivity index is 2.06. The average Bonchev–Trinajstić information content (AvgIpc) is 2.41. The Hall–Kier alpha value is -1.06. The van der Waals surface area contributed by atoms with Crippen LogP contribution in [-0.2, 0) is 0 Å². The van der Waals surface area contributed by atoms with Crippen LogP contribution in [0, 0.1) is 6.92 Å². The summed E-state index contributed by atoms with van der Waals surface area (Å²) in [7, 11) is 4.25. The van der Waals surface area contributed by atoms with Crippen molar-refractivity contribution in [2.24, 2.45) is 0 Å². The number of nitrogens with one attached hydrogen (secondary N) is 1. The number of aryl methyl sites for hydroxylation is 1. The Morgan fingerprint density at radius 1 is 1.32 bits per heavy atom. The average molecular weight is 262 g/mol. The van der Waals surface area contributed by atoms with Crippen LogP contribution >= 0.6 is 0 Å². The molecule has 1 saturated heterocycles. The molecule has 1 heterocycles. The number of ether oxygens (including phenoxy) is 1. The number of likely N-dealkylation sites (tertiary alicyclic amines) is 1. The molecule has 1 fully saturated rings. The van der Waals surface area contributed by atoms with E-state index in [-0.39, 0.29) is 5.54 Å². The lowest BCUT2D eigenvalue weighted by Gasteiger charge is -2.45. The first-order valence-corrected chi connectivity index (χ1v) is 7.22. The van der Waals surface area contributed by atoms with Gasteiger partial charge in [-0.05, 0) is 52.0 Å². The first kappa shape index (κ1) is 14.4. The minimum absolute atomic E-state index is 0.134. The van der Waals surface area contributed by atoms with Crippen LogP contribution in [0.3, 0.4) is 0 Å². The van der Waals surface area contributed by atoms with Gasteiger partial charge in [-0.1, -0.05) is 24.6 Å². The maximum absolute atomic E-state index is 6.12. The molecular weight excluding hydrogens is 236 g/mol. The molecule has 0 bridgehead atoms. The van der Waals surface area contributed by atoms with Gasteiger partial charge in [-0.3, -0.25) is 4.90 Å². The topological polar surface area (TPSA) is 24.5 Å². The molecule has 1 aromatic carbocycles. The fourth-order valence-electron chi connectivity index (χ4n) is 2.95. The normalized spacial score (nSPS) is 24.4. The van der Waals surface area contributed by atoms with Gasteiger partial charge in [-0.25, -0.2) is 0 Å². The van der Waals surface area contributed by atoms with Crippen molar-refractivity contribution >= 4 is 0 Å². The number of benzene rings is 1. The first-order valence-electron chi connectivity index (χ1n) is 7.22. The highest BCUT2D eigenvalue weighted by Crippen LogP contribution is 2.28. The van der Waals surface area contributed by atoms with Gasteiger partial charge in [0.2, 0.25) is 0 Å². The van der Waals surface area contributed by atoms with Crippen molar-refractivity contribution in [2.45, 2.75) is 31.7 Å². The number of hydrogen-bond donors (Lipinski definition) is 1. The third kappa shape index (κ3) is 3.28. The van der Waals surface area contributed by atoms with E-state index in [1.54, 1.807) is 0 Å². The van der Waals surface area contributed by atoms with Gasteiger partial charge in [0.15, 0.2) is 0 Å². The van der Waals surface area contributed by atoms with E-state index in [9.17, 15) is 0 Å². The summed E-state index contributed by atoms with van der Waals surface area (Å²) in [6.07, 6.45) is 3.80. The van der Waals surface area contributed by atoms with Crippen molar-refractivity contribution < 1.29 is 4.74 Å². The van der Waals surface area contributed by atoms with Crippen molar-refractivity contribution in [1.82, 2.24) is 10.2 Å². The fourth-order valence-corrected chi connectivity index (χ4v) is 2.95. The largest absolute Gasteiger partial charge is 0.491 e. The van der Waals surface area contributed by atoms with E-state index in [4.69, 9.17) is 4.74 Å². The number of piperidine rings is 1. The highest BCUT2D eigenvalue weighted by molar-refractivity contribution is 5.31. The third-order valence-corrected chi connectivity index (χ3v) is 4.29. The van der Waals surface area contributed by atoms with Gasteiger partial charge in [0.05, 0.1) is 5.54 Å². The smallest absolute Gasteiger partial charge is 0.122 e. The minimum Gasteiger partial charge on any atom is -0.491 e. The van der Waals surface area contributed by atoms with Crippen molar-refractivity contribution in [1.29, 1.82) is 0 Å². The van der Waals surface area contributed by atoms with Crippen molar-refractivity contribution in [3.05, 3.63) is 29.8 Å². The molecule has 1 unspecified atom stereocenters. The Kier molecular flexibility index (Phi) is 4.83. The lowest BCUT2D eigenvalue weighted by molar-refractivity contribution is 0.0285. The van der Waals surface area contributed by atoms with Gasteiger partial charge in [0.1, 0.15) is 12.4 Å². The molecule has 0 amide bonds. The fraction of sp³-hybridized carbons (Fsp3) is 0.625. The maximum atomic E-state index is 6.12. The summed E-state index contributed by atoms with van der Waals surface area (Å²) < 4.78 is 6.12. The third-order valence-electron chi connectivity index (χ3n) is 4.29. The van der Waals surface area contributed by atoms with Gasteiger partial charge in [0.25, 0.3) is 0 Å². The molecule has 1 aliphatic heterocycles. The van der Waals surface area contributed by atoms with E-state index >= 15 is 0 Å². The molecule has 0 aliphatic carbocycles.